The number of hydrogen-bond acceptors (Lipinski definition) is 7. The number of amides is 1. The molecule has 8 nitrogen and oxygen atoms in total. The lowest BCUT2D eigenvalue weighted by molar-refractivity contribution is 0.0507. The Bertz CT molecular complexity index is 1190. The Balaban J connectivity index is 1.54. The van der Waals surface area contributed by atoms with Crippen molar-refractivity contribution in [2.75, 3.05) is 51.5 Å². The second kappa shape index (κ2) is 11.1. The summed E-state index contributed by atoms with van der Waals surface area (Å²) in [5, 5.41) is 4.28. The summed E-state index contributed by atoms with van der Waals surface area (Å²) in [7, 11) is 1.57. The molecule has 2 aromatic carbocycles. The van der Waals surface area contributed by atoms with Gasteiger partial charge in [0, 0.05) is 37.4 Å². The second-order valence-electron chi connectivity index (χ2n) is 8.95. The molecule has 190 valence electrons. The molecule has 5 rings (SSSR count). The van der Waals surface area contributed by atoms with E-state index >= 15 is 0 Å². The highest BCUT2D eigenvalue weighted by molar-refractivity contribution is 5.94. The molecule has 36 heavy (non-hydrogen) atoms. The Hall–Kier alpha value is -3.43. The first-order valence-corrected chi connectivity index (χ1v) is 12.2. The molecule has 0 spiro atoms. The minimum Gasteiger partial charge on any atom is -0.497 e. The number of methoxy groups -OCH3 is 1. The van der Waals surface area contributed by atoms with E-state index in [1.165, 1.54) is 6.07 Å². The molecule has 0 N–H and O–H groups in total. The van der Waals surface area contributed by atoms with Crippen LogP contribution in [0.3, 0.4) is 0 Å². The van der Waals surface area contributed by atoms with Gasteiger partial charge in [0.2, 0.25) is 5.88 Å². The number of anilines is 1. The molecule has 0 aliphatic carbocycles. The van der Waals surface area contributed by atoms with Gasteiger partial charge in [-0.15, -0.1) is 0 Å². The van der Waals surface area contributed by atoms with Crippen LogP contribution < -0.4 is 9.64 Å². The fraction of sp³-hybridized carbons (Fsp3) is 0.407. The van der Waals surface area contributed by atoms with Crippen LogP contribution in [0.15, 0.2) is 53.1 Å². The van der Waals surface area contributed by atoms with Gasteiger partial charge >= 0.3 is 0 Å². The maximum Gasteiger partial charge on any atom is 0.254 e. The highest BCUT2D eigenvalue weighted by Crippen LogP contribution is 2.35. The smallest absolute Gasteiger partial charge is 0.254 e. The fourth-order valence-electron chi connectivity index (χ4n) is 4.71. The number of carbonyl (C=O) groups excluding carboxylic acids is 1. The summed E-state index contributed by atoms with van der Waals surface area (Å²) in [5.41, 5.74) is 1.90. The van der Waals surface area contributed by atoms with Crippen molar-refractivity contribution in [1.29, 1.82) is 0 Å². The van der Waals surface area contributed by atoms with Crippen molar-refractivity contribution in [2.45, 2.75) is 25.5 Å². The van der Waals surface area contributed by atoms with E-state index in [4.69, 9.17) is 18.7 Å². The van der Waals surface area contributed by atoms with Crippen LogP contribution in [0, 0.1) is 5.82 Å². The molecule has 0 saturated carbocycles. The van der Waals surface area contributed by atoms with Gasteiger partial charge < -0.3 is 28.5 Å². The molecule has 1 amide bonds. The standard InChI is InChI=1S/C27H30FN3O5/c1-33-20-7-4-6-19(16-20)26(32)31(17-21-8-5-13-35-21)18-23-25(22-9-2-3-10-24(22)28)29-36-27(23)30-11-14-34-15-12-30/h2-4,6-7,9-10,16,21H,5,8,11-15,17-18H2,1H3/t21-/m1/s1. The van der Waals surface area contributed by atoms with E-state index in [1.807, 2.05) is 4.90 Å². The molecule has 9 heteroatoms. The molecule has 0 radical (unpaired) electrons. The van der Waals surface area contributed by atoms with Gasteiger partial charge in [0.15, 0.2) is 0 Å². The summed E-state index contributed by atoms with van der Waals surface area (Å²) < 4.78 is 37.4. The van der Waals surface area contributed by atoms with Gasteiger partial charge in [0.05, 0.1) is 38.5 Å². The van der Waals surface area contributed by atoms with Crippen molar-refractivity contribution in [3.05, 3.63) is 65.5 Å². The van der Waals surface area contributed by atoms with Gasteiger partial charge in [-0.3, -0.25) is 4.79 Å². The zero-order valence-electron chi connectivity index (χ0n) is 20.3. The average molecular weight is 496 g/mol. The normalized spacial score (nSPS) is 17.8. The Morgan fingerprint density at radius 1 is 1.17 bits per heavy atom. The van der Waals surface area contributed by atoms with E-state index in [0.717, 1.165) is 12.8 Å². The number of aromatic nitrogens is 1. The molecule has 2 aliphatic rings. The van der Waals surface area contributed by atoms with E-state index in [2.05, 4.69) is 5.16 Å². The molecule has 3 heterocycles. The molecule has 2 aliphatic heterocycles. The SMILES string of the molecule is COc1cccc(C(=O)N(Cc2c(-c3ccccc3F)noc2N2CCOCC2)C[C@H]2CCCO2)c1. The first-order valence-electron chi connectivity index (χ1n) is 12.2. The van der Waals surface area contributed by atoms with E-state index in [1.54, 1.807) is 54.5 Å². The van der Waals surface area contributed by atoms with Crippen molar-refractivity contribution < 1.29 is 27.9 Å². The largest absolute Gasteiger partial charge is 0.497 e. The highest BCUT2D eigenvalue weighted by atomic mass is 19.1. The first kappa shape index (κ1) is 24.3. The number of hydrogen-bond donors (Lipinski definition) is 0. The Kier molecular flexibility index (Phi) is 7.48. The minimum absolute atomic E-state index is 0.0665. The maximum atomic E-state index is 14.8. The van der Waals surface area contributed by atoms with Crippen LogP contribution in [-0.4, -0.2) is 68.6 Å². The Labute approximate surface area is 209 Å². The summed E-state index contributed by atoms with van der Waals surface area (Å²) in [6, 6.07) is 13.5. The third-order valence-corrected chi connectivity index (χ3v) is 6.60. The van der Waals surface area contributed by atoms with Crippen LogP contribution in [0.2, 0.25) is 0 Å². The summed E-state index contributed by atoms with van der Waals surface area (Å²) in [6.45, 7) is 3.62. The van der Waals surface area contributed by atoms with Crippen LogP contribution >= 0.6 is 0 Å². The molecule has 3 aromatic rings. The number of ether oxygens (including phenoxy) is 3. The minimum atomic E-state index is -0.398. The van der Waals surface area contributed by atoms with Crippen molar-refractivity contribution in [3.8, 4) is 17.0 Å². The van der Waals surface area contributed by atoms with Crippen LogP contribution in [0.5, 0.6) is 5.75 Å². The predicted octanol–water partition coefficient (Wildman–Crippen LogP) is 4.15. The van der Waals surface area contributed by atoms with Gasteiger partial charge in [0.1, 0.15) is 17.3 Å². The molecular weight excluding hydrogens is 465 g/mol. The molecule has 1 aromatic heterocycles. The molecular formula is C27H30FN3O5. The highest BCUT2D eigenvalue weighted by Gasteiger charge is 2.30. The van der Waals surface area contributed by atoms with Gasteiger partial charge in [-0.05, 0) is 43.2 Å². The third-order valence-electron chi connectivity index (χ3n) is 6.60. The van der Waals surface area contributed by atoms with Gasteiger partial charge in [-0.2, -0.15) is 0 Å². The lowest BCUT2D eigenvalue weighted by Gasteiger charge is -2.29. The van der Waals surface area contributed by atoms with Gasteiger partial charge in [0.25, 0.3) is 5.91 Å². The average Bonchev–Trinajstić information content (AvgIpc) is 3.59. The van der Waals surface area contributed by atoms with E-state index < -0.39 is 5.82 Å². The second-order valence-corrected chi connectivity index (χ2v) is 8.95. The molecule has 0 bridgehead atoms. The number of carbonyl (C=O) groups is 1. The first-order chi connectivity index (χ1) is 17.6. The third kappa shape index (κ3) is 5.22. The number of benzene rings is 2. The van der Waals surface area contributed by atoms with Gasteiger partial charge in [-0.1, -0.05) is 23.4 Å². The molecule has 2 fully saturated rings. The Morgan fingerprint density at radius 3 is 2.75 bits per heavy atom. The topological polar surface area (TPSA) is 77.3 Å². The predicted molar refractivity (Wildman–Crippen MR) is 132 cm³/mol. The molecule has 2 saturated heterocycles. The number of nitrogens with zero attached hydrogens (tertiary/aromatic N) is 3. The number of rotatable bonds is 8. The zero-order chi connectivity index (χ0) is 24.9. The summed E-state index contributed by atoms with van der Waals surface area (Å²) in [5.74, 6) is 0.569. The maximum absolute atomic E-state index is 14.8. The van der Waals surface area contributed by atoms with E-state index in [-0.39, 0.29) is 18.6 Å². The summed E-state index contributed by atoms with van der Waals surface area (Å²) in [6.07, 6.45) is 1.77. The Morgan fingerprint density at radius 2 is 2.00 bits per heavy atom. The van der Waals surface area contributed by atoms with Crippen molar-refractivity contribution in [3.63, 3.8) is 0 Å². The quantitative estimate of drug-likeness (QED) is 0.465. The van der Waals surface area contributed by atoms with Crippen LogP contribution in [0.1, 0.15) is 28.8 Å². The summed E-state index contributed by atoms with van der Waals surface area (Å²) in [4.78, 5) is 17.6. The van der Waals surface area contributed by atoms with Crippen LogP contribution in [0.4, 0.5) is 10.3 Å². The van der Waals surface area contributed by atoms with E-state index in [9.17, 15) is 9.18 Å². The van der Waals surface area contributed by atoms with Crippen molar-refractivity contribution in [2.24, 2.45) is 0 Å². The number of morpholine rings is 1. The molecule has 1 atom stereocenters. The zero-order valence-corrected chi connectivity index (χ0v) is 20.3. The van der Waals surface area contributed by atoms with Gasteiger partial charge in [-0.25, -0.2) is 4.39 Å². The van der Waals surface area contributed by atoms with E-state index in [0.29, 0.717) is 73.5 Å². The van der Waals surface area contributed by atoms with Crippen molar-refractivity contribution >= 4 is 11.8 Å². The van der Waals surface area contributed by atoms with Crippen LogP contribution in [-0.2, 0) is 16.0 Å². The lowest BCUT2D eigenvalue weighted by Crippen LogP contribution is -2.39. The van der Waals surface area contributed by atoms with Crippen molar-refractivity contribution in [1.82, 2.24) is 10.1 Å². The summed E-state index contributed by atoms with van der Waals surface area (Å²) >= 11 is 0. The van der Waals surface area contributed by atoms with Crippen LogP contribution in [0.25, 0.3) is 11.3 Å². The lowest BCUT2D eigenvalue weighted by atomic mass is 10.0. The monoisotopic (exact) mass is 495 g/mol. The fourth-order valence-corrected chi connectivity index (χ4v) is 4.71. The molecule has 0 unspecified atom stereocenters. The number of halogens is 1.